The van der Waals surface area contributed by atoms with Gasteiger partial charge in [-0.3, -0.25) is 4.79 Å². The average Bonchev–Trinajstić information content (AvgIpc) is 3.00. The Balaban J connectivity index is 1.69. The fourth-order valence-corrected chi connectivity index (χ4v) is 4.08. The second kappa shape index (κ2) is 7.82. The third-order valence-electron chi connectivity index (χ3n) is 5.81. The van der Waals surface area contributed by atoms with Gasteiger partial charge in [-0.1, -0.05) is 30.3 Å². The molecule has 2 heterocycles. The maximum absolute atomic E-state index is 13.3. The van der Waals surface area contributed by atoms with Gasteiger partial charge >= 0.3 is 0 Å². The molecule has 0 saturated heterocycles. The van der Waals surface area contributed by atoms with Crippen molar-refractivity contribution >= 4 is 23.1 Å². The molecule has 0 fully saturated rings. The van der Waals surface area contributed by atoms with Crippen molar-refractivity contribution < 1.29 is 4.79 Å². The van der Waals surface area contributed by atoms with Crippen LogP contribution >= 0.6 is 0 Å². The number of amidine groups is 1. The SMILES string of the molecule is CN(C)c1ccc(CC2(Cc3ccc(N(C)C)cc3)C(=O)N=C3C=CC=CN32)cc1. The van der Waals surface area contributed by atoms with Crippen LogP contribution in [0.15, 0.2) is 78.0 Å². The van der Waals surface area contributed by atoms with E-state index in [9.17, 15) is 4.79 Å². The van der Waals surface area contributed by atoms with Crippen LogP contribution in [0.25, 0.3) is 0 Å². The smallest absolute Gasteiger partial charge is 0.274 e. The van der Waals surface area contributed by atoms with Crippen molar-refractivity contribution in [3.63, 3.8) is 0 Å². The fourth-order valence-electron chi connectivity index (χ4n) is 4.08. The van der Waals surface area contributed by atoms with E-state index in [2.05, 4.69) is 68.2 Å². The molecular weight excluding hydrogens is 372 g/mol. The molecule has 5 nitrogen and oxygen atoms in total. The highest BCUT2D eigenvalue weighted by Gasteiger charge is 2.49. The molecule has 0 saturated carbocycles. The van der Waals surface area contributed by atoms with Crippen LogP contribution in [0.5, 0.6) is 0 Å². The minimum Gasteiger partial charge on any atom is -0.378 e. The lowest BCUT2D eigenvalue weighted by atomic mass is 9.82. The number of benzene rings is 2. The number of nitrogens with zero attached hydrogens (tertiary/aromatic N) is 4. The maximum atomic E-state index is 13.3. The summed E-state index contributed by atoms with van der Waals surface area (Å²) in [6.45, 7) is 0. The average molecular weight is 401 g/mol. The maximum Gasteiger partial charge on any atom is 0.274 e. The van der Waals surface area contributed by atoms with Crippen LogP contribution in [0, 0.1) is 0 Å². The molecule has 0 aromatic heterocycles. The topological polar surface area (TPSA) is 39.1 Å². The first-order chi connectivity index (χ1) is 14.4. The predicted molar refractivity (Wildman–Crippen MR) is 124 cm³/mol. The fraction of sp³-hybridized carbons (Fsp3) is 0.280. The molecule has 5 heteroatoms. The number of hydrogen-bond acceptors (Lipinski definition) is 4. The summed E-state index contributed by atoms with van der Waals surface area (Å²) in [5.41, 5.74) is 3.78. The van der Waals surface area contributed by atoms with Crippen LogP contribution in [0.1, 0.15) is 11.1 Å². The third-order valence-corrected chi connectivity index (χ3v) is 5.81. The highest BCUT2D eigenvalue weighted by Crippen LogP contribution is 2.35. The Morgan fingerprint density at radius 3 is 1.77 bits per heavy atom. The second-order valence-electron chi connectivity index (χ2n) is 8.35. The Morgan fingerprint density at radius 1 is 0.800 bits per heavy atom. The van der Waals surface area contributed by atoms with Crippen molar-refractivity contribution in [1.82, 2.24) is 4.90 Å². The van der Waals surface area contributed by atoms with Crippen LogP contribution < -0.4 is 9.80 Å². The summed E-state index contributed by atoms with van der Waals surface area (Å²) in [7, 11) is 8.11. The molecule has 0 bridgehead atoms. The van der Waals surface area contributed by atoms with E-state index in [-0.39, 0.29) is 5.91 Å². The van der Waals surface area contributed by atoms with Crippen molar-refractivity contribution in [2.45, 2.75) is 18.4 Å². The van der Waals surface area contributed by atoms with Crippen molar-refractivity contribution in [3.05, 3.63) is 84.1 Å². The van der Waals surface area contributed by atoms with Gasteiger partial charge in [0.05, 0.1) is 0 Å². The van der Waals surface area contributed by atoms with Crippen LogP contribution in [-0.4, -0.2) is 50.4 Å². The number of aliphatic imine (C=N–C) groups is 1. The van der Waals surface area contributed by atoms with Crippen molar-refractivity contribution in [3.8, 4) is 0 Å². The van der Waals surface area contributed by atoms with E-state index in [4.69, 9.17) is 0 Å². The van der Waals surface area contributed by atoms with Crippen molar-refractivity contribution in [1.29, 1.82) is 0 Å². The minimum atomic E-state index is -0.754. The molecule has 2 aliphatic heterocycles. The molecule has 30 heavy (non-hydrogen) atoms. The Labute approximate surface area is 178 Å². The molecule has 2 aromatic rings. The number of carbonyl (C=O) groups excluding carboxylic acids is 1. The summed E-state index contributed by atoms with van der Waals surface area (Å²) in [5.74, 6) is 0.638. The van der Waals surface area contributed by atoms with Gasteiger partial charge in [-0.15, -0.1) is 0 Å². The van der Waals surface area contributed by atoms with Crippen molar-refractivity contribution in [2.75, 3.05) is 38.0 Å². The number of rotatable bonds is 6. The van der Waals surface area contributed by atoms with Gasteiger partial charge in [-0.05, 0) is 47.5 Å². The van der Waals surface area contributed by atoms with Crippen LogP contribution in [-0.2, 0) is 17.6 Å². The second-order valence-corrected chi connectivity index (χ2v) is 8.35. The molecule has 2 aromatic carbocycles. The summed E-state index contributed by atoms with van der Waals surface area (Å²) >= 11 is 0. The number of amides is 1. The van der Waals surface area contributed by atoms with Crippen LogP contribution in [0.4, 0.5) is 11.4 Å². The van der Waals surface area contributed by atoms with E-state index in [0.29, 0.717) is 12.8 Å². The zero-order chi connectivity index (χ0) is 21.3. The van der Waals surface area contributed by atoms with Gasteiger partial charge in [0.25, 0.3) is 5.91 Å². The Morgan fingerprint density at radius 2 is 1.30 bits per heavy atom. The number of anilines is 2. The third kappa shape index (κ3) is 3.63. The predicted octanol–water partition coefficient (Wildman–Crippen LogP) is 3.67. The van der Waals surface area contributed by atoms with Gasteiger partial charge in [-0.2, -0.15) is 4.99 Å². The largest absolute Gasteiger partial charge is 0.378 e. The monoisotopic (exact) mass is 400 g/mol. The lowest BCUT2D eigenvalue weighted by molar-refractivity contribution is -0.124. The zero-order valence-corrected chi connectivity index (χ0v) is 18.0. The quantitative estimate of drug-likeness (QED) is 0.742. The lowest BCUT2D eigenvalue weighted by Gasteiger charge is -2.37. The standard InChI is InChI=1S/C25H28N4O/c1-27(2)21-12-8-19(9-13-21)17-25(18-20-10-14-22(15-11-20)28(3)4)24(30)26-23-7-5-6-16-29(23)25/h5-16H,17-18H2,1-4H3. The molecule has 0 unspecified atom stereocenters. The summed E-state index contributed by atoms with van der Waals surface area (Å²) < 4.78 is 0. The summed E-state index contributed by atoms with van der Waals surface area (Å²) in [6.07, 6.45) is 8.98. The van der Waals surface area contributed by atoms with E-state index in [1.807, 2.05) is 52.6 Å². The van der Waals surface area contributed by atoms with E-state index in [1.165, 1.54) is 0 Å². The Bertz CT molecular complexity index is 961. The van der Waals surface area contributed by atoms with Crippen LogP contribution in [0.3, 0.4) is 0 Å². The Kier molecular flexibility index (Phi) is 5.20. The van der Waals surface area contributed by atoms with E-state index < -0.39 is 5.54 Å². The van der Waals surface area contributed by atoms with Gasteiger partial charge in [0.1, 0.15) is 11.4 Å². The van der Waals surface area contributed by atoms with Gasteiger partial charge in [0.2, 0.25) is 0 Å². The first kappa shape index (κ1) is 20.0. The molecule has 154 valence electrons. The van der Waals surface area contributed by atoms with Gasteiger partial charge < -0.3 is 14.7 Å². The molecule has 0 radical (unpaired) electrons. The number of allylic oxidation sites excluding steroid dienone is 2. The van der Waals surface area contributed by atoms with Gasteiger partial charge in [-0.25, -0.2) is 0 Å². The van der Waals surface area contributed by atoms with Gasteiger partial charge in [0, 0.05) is 58.6 Å². The molecular formula is C25H28N4O. The highest BCUT2D eigenvalue weighted by molar-refractivity contribution is 6.12. The van der Waals surface area contributed by atoms with Crippen LogP contribution in [0.2, 0.25) is 0 Å². The minimum absolute atomic E-state index is 0.0814. The van der Waals surface area contributed by atoms with E-state index in [1.54, 1.807) is 0 Å². The summed E-state index contributed by atoms with van der Waals surface area (Å²) in [4.78, 5) is 23.9. The number of carbonyl (C=O) groups is 1. The highest BCUT2D eigenvalue weighted by atomic mass is 16.2. The normalized spacial score (nSPS) is 16.5. The summed E-state index contributed by atoms with van der Waals surface area (Å²) in [6, 6.07) is 16.8. The summed E-state index contributed by atoms with van der Waals surface area (Å²) in [5, 5.41) is 0. The molecule has 0 aliphatic carbocycles. The molecule has 4 rings (SSSR count). The number of fused-ring (bicyclic) bond motifs is 1. The van der Waals surface area contributed by atoms with Crippen molar-refractivity contribution in [2.24, 2.45) is 4.99 Å². The first-order valence-corrected chi connectivity index (χ1v) is 10.2. The number of hydrogen-bond donors (Lipinski definition) is 0. The first-order valence-electron chi connectivity index (χ1n) is 10.2. The van der Waals surface area contributed by atoms with E-state index >= 15 is 0 Å². The Hall–Kier alpha value is -3.34. The molecule has 1 amide bonds. The lowest BCUT2D eigenvalue weighted by Crippen LogP contribution is -2.52. The van der Waals surface area contributed by atoms with E-state index in [0.717, 1.165) is 28.3 Å². The van der Waals surface area contributed by atoms with Gasteiger partial charge in [0.15, 0.2) is 0 Å². The molecule has 0 spiro atoms. The molecule has 0 atom stereocenters. The molecule has 0 N–H and O–H groups in total. The zero-order valence-electron chi connectivity index (χ0n) is 18.0. The molecule has 2 aliphatic rings.